The lowest BCUT2D eigenvalue weighted by atomic mass is 10.3. The van der Waals surface area contributed by atoms with Crippen LogP contribution in [0.2, 0.25) is 0 Å². The molecule has 5 heteroatoms. The normalized spacial score (nSPS) is 9.17. The molecule has 0 aliphatic carbocycles. The van der Waals surface area contributed by atoms with Crippen molar-refractivity contribution in [2.45, 2.75) is 12.8 Å². The van der Waals surface area contributed by atoms with Gasteiger partial charge in [-0.3, -0.25) is 9.59 Å². The van der Waals surface area contributed by atoms with Gasteiger partial charge in [-0.25, -0.2) is 0 Å². The van der Waals surface area contributed by atoms with Gasteiger partial charge in [0, 0.05) is 19.3 Å². The van der Waals surface area contributed by atoms with Crippen LogP contribution in [0, 0.1) is 0 Å². The summed E-state index contributed by atoms with van der Waals surface area (Å²) in [5.74, 6) is 0.126. The Kier molecular flexibility index (Phi) is 6.47. The van der Waals surface area contributed by atoms with Crippen LogP contribution in [-0.4, -0.2) is 31.3 Å². The average molecular weight is 193 g/mol. The van der Waals surface area contributed by atoms with Crippen molar-refractivity contribution >= 4 is 23.4 Å². The minimum atomic E-state index is -0.200. The zero-order chi connectivity index (χ0) is 9.40. The summed E-state index contributed by atoms with van der Waals surface area (Å²) in [5.41, 5.74) is 0. The molecule has 0 unspecified atom stereocenters. The first-order valence-corrected chi connectivity index (χ1v) is 4.27. The van der Waals surface area contributed by atoms with Crippen molar-refractivity contribution in [3.8, 4) is 0 Å². The van der Waals surface area contributed by atoms with Crippen molar-refractivity contribution in [1.29, 1.82) is 0 Å². The number of hydrogen-bond donors (Lipinski definition) is 2. The zero-order valence-electron chi connectivity index (χ0n) is 7.02. The number of likely N-dealkylation sites (N-methyl/N-ethyl adjacent to an activating group) is 1. The van der Waals surface area contributed by atoms with Crippen molar-refractivity contribution in [2.75, 3.05) is 19.5 Å². The second-order valence-electron chi connectivity index (χ2n) is 2.24. The SMILES string of the molecule is CNC(=O)CNC(=O)CCCCl. The van der Waals surface area contributed by atoms with Gasteiger partial charge < -0.3 is 10.6 Å². The maximum absolute atomic E-state index is 10.9. The predicted molar refractivity (Wildman–Crippen MR) is 47.0 cm³/mol. The maximum Gasteiger partial charge on any atom is 0.239 e. The Bertz CT molecular complexity index is 161. The summed E-state index contributed by atoms with van der Waals surface area (Å²) in [5, 5.41) is 4.86. The Hall–Kier alpha value is -0.770. The monoisotopic (exact) mass is 192 g/mol. The highest BCUT2D eigenvalue weighted by Crippen LogP contribution is 1.90. The Morgan fingerprint density at radius 3 is 2.50 bits per heavy atom. The van der Waals surface area contributed by atoms with Gasteiger partial charge in [-0.1, -0.05) is 0 Å². The summed E-state index contributed by atoms with van der Waals surface area (Å²) in [6.07, 6.45) is 1.02. The number of carbonyl (C=O) groups is 2. The van der Waals surface area contributed by atoms with Crippen molar-refractivity contribution in [2.24, 2.45) is 0 Å². The lowest BCUT2D eigenvalue weighted by Gasteiger charge is -2.02. The van der Waals surface area contributed by atoms with Crippen LogP contribution in [0.5, 0.6) is 0 Å². The molecule has 0 saturated carbocycles. The number of carbonyl (C=O) groups excluding carboxylic acids is 2. The number of halogens is 1. The Morgan fingerprint density at radius 1 is 1.33 bits per heavy atom. The Labute approximate surface area is 76.7 Å². The zero-order valence-corrected chi connectivity index (χ0v) is 7.78. The second kappa shape index (κ2) is 6.91. The fourth-order valence-corrected chi connectivity index (χ4v) is 0.717. The van der Waals surface area contributed by atoms with Gasteiger partial charge in [0.1, 0.15) is 0 Å². The molecule has 0 heterocycles. The molecule has 0 atom stereocenters. The third-order valence-electron chi connectivity index (χ3n) is 1.26. The summed E-state index contributed by atoms with van der Waals surface area (Å²) in [6.45, 7) is 0.0393. The van der Waals surface area contributed by atoms with Crippen LogP contribution in [0.25, 0.3) is 0 Å². The van der Waals surface area contributed by atoms with E-state index in [1.54, 1.807) is 0 Å². The number of hydrogen-bond acceptors (Lipinski definition) is 2. The van der Waals surface area contributed by atoms with E-state index in [0.717, 1.165) is 0 Å². The van der Waals surface area contributed by atoms with E-state index in [2.05, 4.69) is 10.6 Å². The van der Waals surface area contributed by atoms with Crippen LogP contribution in [0.4, 0.5) is 0 Å². The molecule has 0 spiro atoms. The fourth-order valence-electron chi connectivity index (χ4n) is 0.583. The number of alkyl halides is 1. The van der Waals surface area contributed by atoms with Gasteiger partial charge in [-0.15, -0.1) is 11.6 Å². The summed E-state index contributed by atoms with van der Waals surface area (Å²) in [6, 6.07) is 0. The second-order valence-corrected chi connectivity index (χ2v) is 2.62. The van der Waals surface area contributed by atoms with Crippen LogP contribution >= 0.6 is 11.6 Å². The molecular weight excluding hydrogens is 180 g/mol. The predicted octanol–water partition coefficient (Wildman–Crippen LogP) is -0.132. The first-order chi connectivity index (χ1) is 5.70. The molecule has 0 rings (SSSR count). The van der Waals surface area contributed by atoms with Gasteiger partial charge in [-0.05, 0) is 6.42 Å². The van der Waals surface area contributed by atoms with E-state index in [0.29, 0.717) is 18.7 Å². The third-order valence-corrected chi connectivity index (χ3v) is 1.53. The van der Waals surface area contributed by atoms with Crippen LogP contribution in [0.15, 0.2) is 0 Å². The smallest absolute Gasteiger partial charge is 0.239 e. The highest BCUT2D eigenvalue weighted by Gasteiger charge is 2.02. The Balaban J connectivity index is 3.37. The first kappa shape index (κ1) is 11.2. The highest BCUT2D eigenvalue weighted by atomic mass is 35.5. The topological polar surface area (TPSA) is 58.2 Å². The van der Waals surface area contributed by atoms with E-state index >= 15 is 0 Å². The summed E-state index contributed by atoms with van der Waals surface area (Å²) < 4.78 is 0. The molecule has 0 saturated heterocycles. The van der Waals surface area contributed by atoms with Gasteiger partial charge in [0.05, 0.1) is 6.54 Å². The van der Waals surface area contributed by atoms with Gasteiger partial charge >= 0.3 is 0 Å². The van der Waals surface area contributed by atoms with Gasteiger partial charge in [0.15, 0.2) is 0 Å². The first-order valence-electron chi connectivity index (χ1n) is 3.74. The average Bonchev–Trinajstić information content (AvgIpc) is 2.10. The molecule has 0 aromatic rings. The maximum atomic E-state index is 10.9. The molecule has 0 radical (unpaired) electrons. The minimum absolute atomic E-state index is 0.0393. The third kappa shape index (κ3) is 5.97. The molecule has 0 aromatic carbocycles. The van der Waals surface area contributed by atoms with Crippen LogP contribution < -0.4 is 10.6 Å². The van der Waals surface area contributed by atoms with E-state index in [4.69, 9.17) is 11.6 Å². The lowest BCUT2D eigenvalue weighted by molar-refractivity contribution is -0.125. The van der Waals surface area contributed by atoms with Gasteiger partial charge in [-0.2, -0.15) is 0 Å². The number of nitrogens with one attached hydrogen (secondary N) is 2. The summed E-state index contributed by atoms with van der Waals surface area (Å²) in [7, 11) is 1.52. The van der Waals surface area contributed by atoms with E-state index in [1.165, 1.54) is 7.05 Å². The molecule has 4 nitrogen and oxygen atoms in total. The molecule has 0 aliphatic rings. The standard InChI is InChI=1S/C7H13ClN2O2/c1-9-7(12)5-10-6(11)3-2-4-8/h2-5H2,1H3,(H,9,12)(H,10,11). The van der Waals surface area contributed by atoms with Gasteiger partial charge in [0.2, 0.25) is 11.8 Å². The molecule has 70 valence electrons. The van der Waals surface area contributed by atoms with Crippen molar-refractivity contribution < 1.29 is 9.59 Å². The van der Waals surface area contributed by atoms with Crippen LogP contribution in [0.3, 0.4) is 0 Å². The van der Waals surface area contributed by atoms with Crippen LogP contribution in [0.1, 0.15) is 12.8 Å². The lowest BCUT2D eigenvalue weighted by Crippen LogP contribution is -2.35. The van der Waals surface area contributed by atoms with Crippen molar-refractivity contribution in [3.05, 3.63) is 0 Å². The molecule has 0 aliphatic heterocycles. The number of amides is 2. The quantitative estimate of drug-likeness (QED) is 0.597. The van der Waals surface area contributed by atoms with E-state index < -0.39 is 0 Å². The van der Waals surface area contributed by atoms with Crippen molar-refractivity contribution in [1.82, 2.24) is 10.6 Å². The minimum Gasteiger partial charge on any atom is -0.358 e. The summed E-state index contributed by atoms with van der Waals surface area (Å²) >= 11 is 5.38. The Morgan fingerprint density at radius 2 is 2.00 bits per heavy atom. The highest BCUT2D eigenvalue weighted by molar-refractivity contribution is 6.17. The molecule has 0 aromatic heterocycles. The molecule has 2 amide bonds. The van der Waals surface area contributed by atoms with Crippen molar-refractivity contribution in [3.63, 3.8) is 0 Å². The molecule has 0 bridgehead atoms. The van der Waals surface area contributed by atoms with E-state index in [1.807, 2.05) is 0 Å². The van der Waals surface area contributed by atoms with E-state index in [-0.39, 0.29) is 18.4 Å². The summed E-state index contributed by atoms with van der Waals surface area (Å²) in [4.78, 5) is 21.5. The fraction of sp³-hybridized carbons (Fsp3) is 0.714. The molecule has 0 fully saturated rings. The largest absolute Gasteiger partial charge is 0.358 e. The molecule has 2 N–H and O–H groups in total. The van der Waals surface area contributed by atoms with Gasteiger partial charge in [0.25, 0.3) is 0 Å². The van der Waals surface area contributed by atoms with E-state index in [9.17, 15) is 9.59 Å². The number of rotatable bonds is 5. The molecular formula is C7H13ClN2O2. The van der Waals surface area contributed by atoms with Crippen LogP contribution in [-0.2, 0) is 9.59 Å². The molecule has 12 heavy (non-hydrogen) atoms.